The van der Waals surface area contributed by atoms with E-state index in [2.05, 4.69) is 15.5 Å². The average molecular weight is 495 g/mol. The van der Waals surface area contributed by atoms with Crippen LogP contribution < -0.4 is 14.8 Å². The third kappa shape index (κ3) is 5.52. The summed E-state index contributed by atoms with van der Waals surface area (Å²) in [5.74, 6) is 1.84. The zero-order valence-corrected chi connectivity index (χ0v) is 20.3. The Hall–Kier alpha value is -3.49. The summed E-state index contributed by atoms with van der Waals surface area (Å²) in [5, 5.41) is 12.7. The summed E-state index contributed by atoms with van der Waals surface area (Å²) < 4.78 is 13.2. The molecule has 0 unspecified atom stereocenters. The molecule has 0 aliphatic heterocycles. The number of aromatic nitrogens is 3. The van der Waals surface area contributed by atoms with Crippen molar-refractivity contribution in [1.82, 2.24) is 14.8 Å². The summed E-state index contributed by atoms with van der Waals surface area (Å²) in [6.07, 6.45) is 0. The number of thioether (sulfide) groups is 1. The van der Waals surface area contributed by atoms with Gasteiger partial charge in [0.2, 0.25) is 5.91 Å². The van der Waals surface area contributed by atoms with Crippen molar-refractivity contribution in [1.29, 1.82) is 0 Å². The second-order valence-corrected chi connectivity index (χ2v) is 8.61. The zero-order chi connectivity index (χ0) is 23.9. The number of benzene rings is 3. The van der Waals surface area contributed by atoms with E-state index < -0.39 is 0 Å². The molecule has 7 nitrogen and oxygen atoms in total. The van der Waals surface area contributed by atoms with E-state index in [1.54, 1.807) is 19.2 Å². The number of carbonyl (C=O) groups excluding carboxylic acids is 1. The molecule has 1 amide bonds. The second-order valence-electron chi connectivity index (χ2n) is 7.26. The molecule has 0 atom stereocenters. The maximum Gasteiger partial charge on any atom is 0.234 e. The topological polar surface area (TPSA) is 78.3 Å². The van der Waals surface area contributed by atoms with Crippen molar-refractivity contribution < 1.29 is 14.3 Å². The van der Waals surface area contributed by atoms with Crippen LogP contribution in [0, 0.1) is 6.92 Å². The van der Waals surface area contributed by atoms with Gasteiger partial charge in [-0.25, -0.2) is 0 Å². The average Bonchev–Trinajstić information content (AvgIpc) is 3.27. The van der Waals surface area contributed by atoms with Gasteiger partial charge in [0, 0.05) is 16.4 Å². The number of carbonyl (C=O) groups is 1. The molecular weight excluding hydrogens is 472 g/mol. The van der Waals surface area contributed by atoms with Gasteiger partial charge in [0.05, 0.1) is 12.9 Å². The molecule has 0 saturated carbocycles. The number of halogens is 1. The lowest BCUT2D eigenvalue weighted by Gasteiger charge is -2.13. The van der Waals surface area contributed by atoms with Crippen LogP contribution in [0.15, 0.2) is 78.0 Å². The summed E-state index contributed by atoms with van der Waals surface area (Å²) in [6, 6.07) is 22.5. The molecule has 0 aliphatic rings. The van der Waals surface area contributed by atoms with Crippen molar-refractivity contribution in [2.45, 2.75) is 18.7 Å². The van der Waals surface area contributed by atoms with Crippen LogP contribution in [0.25, 0.3) is 5.69 Å². The molecule has 0 fully saturated rings. The quantitative estimate of drug-likeness (QED) is 0.307. The molecule has 4 rings (SSSR count). The molecule has 9 heteroatoms. The standard InChI is InChI=1S/C25H23ClN4O3S/c1-17-19(26)11-8-12-20(17)27-24(31)16-34-25-29-28-23(30(25)18-9-4-3-5-10-18)15-33-22-14-7-6-13-21(22)32-2/h3-14H,15-16H2,1-2H3,(H,27,31). The smallest absolute Gasteiger partial charge is 0.234 e. The number of methoxy groups -OCH3 is 1. The highest BCUT2D eigenvalue weighted by Gasteiger charge is 2.17. The van der Waals surface area contributed by atoms with E-state index in [-0.39, 0.29) is 18.3 Å². The molecule has 1 heterocycles. The van der Waals surface area contributed by atoms with Gasteiger partial charge in [-0.3, -0.25) is 9.36 Å². The Kier molecular flexibility index (Phi) is 7.72. The third-order valence-corrected chi connectivity index (χ3v) is 6.35. The van der Waals surface area contributed by atoms with Crippen LogP contribution in [-0.4, -0.2) is 33.5 Å². The predicted molar refractivity (Wildman–Crippen MR) is 134 cm³/mol. The number of ether oxygens (including phenoxy) is 2. The van der Waals surface area contributed by atoms with E-state index >= 15 is 0 Å². The van der Waals surface area contributed by atoms with Gasteiger partial charge in [-0.1, -0.05) is 59.8 Å². The Morgan fingerprint density at radius 3 is 2.50 bits per heavy atom. The van der Waals surface area contributed by atoms with E-state index in [1.807, 2.05) is 72.2 Å². The molecule has 3 aromatic carbocycles. The van der Waals surface area contributed by atoms with Crippen LogP contribution in [0.2, 0.25) is 5.02 Å². The van der Waals surface area contributed by atoms with Gasteiger partial charge < -0.3 is 14.8 Å². The lowest BCUT2D eigenvalue weighted by Crippen LogP contribution is -2.15. The van der Waals surface area contributed by atoms with Crippen LogP contribution in [-0.2, 0) is 11.4 Å². The molecule has 0 radical (unpaired) electrons. The Balaban J connectivity index is 1.51. The van der Waals surface area contributed by atoms with E-state index in [1.165, 1.54) is 11.8 Å². The molecule has 1 N–H and O–H groups in total. The summed E-state index contributed by atoms with van der Waals surface area (Å²) in [7, 11) is 1.60. The van der Waals surface area contributed by atoms with Crippen LogP contribution in [0.3, 0.4) is 0 Å². The van der Waals surface area contributed by atoms with Gasteiger partial charge >= 0.3 is 0 Å². The molecule has 174 valence electrons. The Bertz CT molecular complexity index is 1280. The fourth-order valence-corrected chi connectivity index (χ4v) is 4.21. The van der Waals surface area contributed by atoms with Crippen LogP contribution in [0.4, 0.5) is 5.69 Å². The van der Waals surface area contributed by atoms with Crippen molar-refractivity contribution in [2.24, 2.45) is 0 Å². The lowest BCUT2D eigenvalue weighted by atomic mass is 10.2. The highest BCUT2D eigenvalue weighted by Crippen LogP contribution is 2.28. The largest absolute Gasteiger partial charge is 0.493 e. The van der Waals surface area contributed by atoms with Gasteiger partial charge in [-0.15, -0.1) is 10.2 Å². The maximum atomic E-state index is 12.6. The molecule has 0 saturated heterocycles. The first kappa shape index (κ1) is 23.7. The summed E-state index contributed by atoms with van der Waals surface area (Å²) in [6.45, 7) is 2.04. The number of amides is 1. The van der Waals surface area contributed by atoms with Crippen LogP contribution in [0.5, 0.6) is 11.5 Å². The van der Waals surface area contributed by atoms with Gasteiger partial charge in [0.25, 0.3) is 0 Å². The summed E-state index contributed by atoms with van der Waals surface area (Å²) >= 11 is 7.45. The van der Waals surface area contributed by atoms with E-state index in [0.717, 1.165) is 11.3 Å². The first-order chi connectivity index (χ1) is 16.6. The first-order valence-corrected chi connectivity index (χ1v) is 11.9. The van der Waals surface area contributed by atoms with Gasteiger partial charge in [-0.2, -0.15) is 0 Å². The van der Waals surface area contributed by atoms with Crippen molar-refractivity contribution in [2.75, 3.05) is 18.2 Å². The monoisotopic (exact) mass is 494 g/mol. The second kappa shape index (κ2) is 11.1. The molecule has 1 aromatic heterocycles. The number of rotatable bonds is 9. The Labute approximate surface area is 207 Å². The van der Waals surface area contributed by atoms with Crippen LogP contribution in [0.1, 0.15) is 11.4 Å². The fourth-order valence-electron chi connectivity index (χ4n) is 3.26. The number of hydrogen-bond donors (Lipinski definition) is 1. The molecule has 0 bridgehead atoms. The number of nitrogens with zero attached hydrogens (tertiary/aromatic N) is 3. The lowest BCUT2D eigenvalue weighted by molar-refractivity contribution is -0.113. The first-order valence-electron chi connectivity index (χ1n) is 10.5. The number of para-hydroxylation sites is 3. The van der Waals surface area contributed by atoms with E-state index in [9.17, 15) is 4.79 Å². The van der Waals surface area contributed by atoms with Gasteiger partial charge in [0.15, 0.2) is 22.5 Å². The number of hydrogen-bond acceptors (Lipinski definition) is 6. The fraction of sp³-hybridized carbons (Fsp3) is 0.160. The summed E-state index contributed by atoms with van der Waals surface area (Å²) in [5.41, 5.74) is 2.39. The van der Waals surface area contributed by atoms with E-state index in [4.69, 9.17) is 21.1 Å². The van der Waals surface area contributed by atoms with Gasteiger partial charge in [-0.05, 0) is 48.9 Å². The number of anilines is 1. The minimum absolute atomic E-state index is 0.157. The highest BCUT2D eigenvalue weighted by atomic mass is 35.5. The van der Waals surface area contributed by atoms with Crippen LogP contribution >= 0.6 is 23.4 Å². The minimum atomic E-state index is -0.162. The molecular formula is C25H23ClN4O3S. The maximum absolute atomic E-state index is 12.6. The van der Waals surface area contributed by atoms with Crippen molar-refractivity contribution in [3.8, 4) is 17.2 Å². The van der Waals surface area contributed by atoms with E-state index in [0.29, 0.717) is 33.2 Å². The SMILES string of the molecule is COc1ccccc1OCc1nnc(SCC(=O)Nc2cccc(Cl)c2C)n1-c1ccccc1. The molecule has 0 spiro atoms. The molecule has 0 aliphatic carbocycles. The normalized spacial score (nSPS) is 10.7. The van der Waals surface area contributed by atoms with Crippen molar-refractivity contribution in [3.05, 3.63) is 89.2 Å². The van der Waals surface area contributed by atoms with Gasteiger partial charge in [0.1, 0.15) is 6.61 Å². The zero-order valence-electron chi connectivity index (χ0n) is 18.7. The summed E-state index contributed by atoms with van der Waals surface area (Å²) in [4.78, 5) is 12.6. The Morgan fingerprint density at radius 2 is 1.74 bits per heavy atom. The molecule has 34 heavy (non-hydrogen) atoms. The highest BCUT2D eigenvalue weighted by molar-refractivity contribution is 7.99. The predicted octanol–water partition coefficient (Wildman–Crippen LogP) is 5.55. The van der Waals surface area contributed by atoms with Crippen molar-refractivity contribution >= 4 is 35.0 Å². The third-order valence-electron chi connectivity index (χ3n) is 5.01. The Morgan fingerprint density at radius 1 is 1.00 bits per heavy atom. The number of nitrogens with one attached hydrogen (secondary N) is 1. The molecule has 4 aromatic rings. The van der Waals surface area contributed by atoms with Crippen molar-refractivity contribution in [3.63, 3.8) is 0 Å². The minimum Gasteiger partial charge on any atom is -0.493 e.